The summed E-state index contributed by atoms with van der Waals surface area (Å²) in [6, 6.07) is 11.7. The van der Waals surface area contributed by atoms with Crippen LogP contribution in [-0.2, 0) is 22.4 Å². The molecule has 0 aromatic heterocycles. The normalized spacial score (nSPS) is 17.7. The Morgan fingerprint density at radius 3 is 2.18 bits per heavy atom. The topological polar surface area (TPSA) is 67.4 Å². The number of benzene rings is 2. The first-order valence-corrected chi connectivity index (χ1v) is 9.85. The van der Waals surface area contributed by atoms with Crippen molar-refractivity contribution < 1.29 is 14.3 Å². The van der Waals surface area contributed by atoms with Crippen molar-refractivity contribution in [3.63, 3.8) is 0 Å². The van der Waals surface area contributed by atoms with Crippen molar-refractivity contribution in [3.05, 3.63) is 53.1 Å². The quantitative estimate of drug-likeness (QED) is 0.751. The number of anilines is 2. The number of aryl methyl sites for hydroxylation is 3. The minimum Gasteiger partial charge on any atom is -0.495 e. The van der Waals surface area contributed by atoms with Crippen LogP contribution in [-0.4, -0.2) is 18.9 Å². The molecule has 2 unspecified atom stereocenters. The number of carbonyl (C=O) groups is 2. The van der Waals surface area contributed by atoms with Gasteiger partial charge in [0, 0.05) is 5.69 Å². The molecule has 1 fully saturated rings. The second kappa shape index (κ2) is 8.46. The predicted molar refractivity (Wildman–Crippen MR) is 112 cm³/mol. The van der Waals surface area contributed by atoms with Crippen LogP contribution in [0.4, 0.5) is 11.4 Å². The zero-order valence-corrected chi connectivity index (χ0v) is 17.0. The van der Waals surface area contributed by atoms with Gasteiger partial charge >= 0.3 is 0 Å². The number of hydrogen-bond acceptors (Lipinski definition) is 3. The summed E-state index contributed by atoms with van der Waals surface area (Å²) in [6.45, 7) is 6.11. The highest BCUT2D eigenvalue weighted by molar-refractivity contribution is 6.04. The summed E-state index contributed by atoms with van der Waals surface area (Å²) in [4.78, 5) is 25.4. The van der Waals surface area contributed by atoms with Crippen LogP contribution in [0.2, 0.25) is 0 Å². The van der Waals surface area contributed by atoms with E-state index in [-0.39, 0.29) is 23.7 Å². The monoisotopic (exact) mass is 380 g/mol. The van der Waals surface area contributed by atoms with Crippen LogP contribution in [0, 0.1) is 18.8 Å². The zero-order valence-electron chi connectivity index (χ0n) is 17.0. The van der Waals surface area contributed by atoms with Crippen LogP contribution in [0.1, 0.15) is 37.0 Å². The average Bonchev–Trinajstić information content (AvgIpc) is 3.49. The standard InChI is InChI=1S/C23H28N2O3/c1-5-15-8-7-9-16(6-2)21(15)25-23(27)18-13-17(18)22(26)24-19-12-14(3)10-11-20(19)28-4/h7-12,17-18H,5-6,13H2,1-4H3,(H,24,26)(H,25,27). The van der Waals surface area contributed by atoms with Gasteiger partial charge < -0.3 is 15.4 Å². The van der Waals surface area contributed by atoms with E-state index in [2.05, 4.69) is 24.5 Å². The van der Waals surface area contributed by atoms with Gasteiger partial charge in [-0.15, -0.1) is 0 Å². The van der Waals surface area contributed by atoms with E-state index in [0.717, 1.165) is 35.2 Å². The lowest BCUT2D eigenvalue weighted by molar-refractivity contribution is -0.122. The van der Waals surface area contributed by atoms with Crippen LogP contribution in [0.5, 0.6) is 5.75 Å². The first-order chi connectivity index (χ1) is 13.5. The molecule has 0 radical (unpaired) electrons. The smallest absolute Gasteiger partial charge is 0.228 e. The molecule has 0 aliphatic heterocycles. The third-order valence-corrected chi connectivity index (χ3v) is 5.32. The molecule has 0 saturated heterocycles. The van der Waals surface area contributed by atoms with Gasteiger partial charge in [-0.2, -0.15) is 0 Å². The van der Waals surface area contributed by atoms with E-state index in [1.54, 1.807) is 7.11 Å². The molecular weight excluding hydrogens is 352 g/mol. The third kappa shape index (κ3) is 4.19. The Morgan fingerprint density at radius 2 is 1.61 bits per heavy atom. The molecule has 2 aromatic rings. The molecule has 0 bridgehead atoms. The van der Waals surface area contributed by atoms with E-state index in [1.807, 2.05) is 43.3 Å². The molecule has 2 atom stereocenters. The van der Waals surface area contributed by atoms with E-state index in [0.29, 0.717) is 17.9 Å². The zero-order chi connectivity index (χ0) is 20.3. The van der Waals surface area contributed by atoms with Gasteiger partial charge in [0.05, 0.1) is 24.6 Å². The minimum atomic E-state index is -0.302. The summed E-state index contributed by atoms with van der Waals surface area (Å²) in [5.74, 6) is -0.185. The number of methoxy groups -OCH3 is 1. The first-order valence-electron chi connectivity index (χ1n) is 9.85. The fraction of sp³-hybridized carbons (Fsp3) is 0.391. The van der Waals surface area contributed by atoms with Gasteiger partial charge in [-0.1, -0.05) is 38.1 Å². The average molecular weight is 380 g/mol. The fourth-order valence-corrected chi connectivity index (χ4v) is 3.54. The molecule has 3 rings (SSSR count). The van der Waals surface area contributed by atoms with Gasteiger partial charge in [0.25, 0.3) is 0 Å². The SMILES string of the molecule is CCc1cccc(CC)c1NC(=O)C1CC1C(=O)Nc1cc(C)ccc1OC. The molecule has 1 saturated carbocycles. The molecule has 0 heterocycles. The molecule has 2 aromatic carbocycles. The van der Waals surface area contributed by atoms with Gasteiger partial charge in [-0.3, -0.25) is 9.59 Å². The van der Waals surface area contributed by atoms with Crippen LogP contribution < -0.4 is 15.4 Å². The fourth-order valence-electron chi connectivity index (χ4n) is 3.54. The van der Waals surface area contributed by atoms with E-state index in [4.69, 9.17) is 4.74 Å². The molecule has 28 heavy (non-hydrogen) atoms. The molecule has 1 aliphatic carbocycles. The lowest BCUT2D eigenvalue weighted by Gasteiger charge is -2.14. The maximum Gasteiger partial charge on any atom is 0.228 e. The van der Waals surface area contributed by atoms with Gasteiger partial charge in [0.2, 0.25) is 11.8 Å². The van der Waals surface area contributed by atoms with E-state index >= 15 is 0 Å². The van der Waals surface area contributed by atoms with Gasteiger partial charge in [-0.25, -0.2) is 0 Å². The number of rotatable bonds is 7. The molecule has 2 amide bonds. The van der Waals surface area contributed by atoms with Crippen molar-refractivity contribution in [1.29, 1.82) is 0 Å². The van der Waals surface area contributed by atoms with Crippen molar-refractivity contribution in [1.82, 2.24) is 0 Å². The number of nitrogens with one attached hydrogen (secondary N) is 2. The second-order valence-electron chi connectivity index (χ2n) is 7.29. The van der Waals surface area contributed by atoms with E-state index in [1.165, 1.54) is 0 Å². The van der Waals surface area contributed by atoms with Crippen LogP contribution >= 0.6 is 0 Å². The molecule has 5 nitrogen and oxygen atoms in total. The van der Waals surface area contributed by atoms with Crippen molar-refractivity contribution in [3.8, 4) is 5.75 Å². The molecule has 148 valence electrons. The number of amides is 2. The van der Waals surface area contributed by atoms with E-state index < -0.39 is 0 Å². The van der Waals surface area contributed by atoms with Gasteiger partial charge in [0.15, 0.2) is 0 Å². The second-order valence-corrected chi connectivity index (χ2v) is 7.29. The van der Waals surface area contributed by atoms with Crippen molar-refractivity contribution >= 4 is 23.2 Å². The Balaban J connectivity index is 1.67. The summed E-state index contributed by atoms with van der Waals surface area (Å²) < 4.78 is 5.31. The lowest BCUT2D eigenvalue weighted by atomic mass is 10.0. The first kappa shape index (κ1) is 19.9. The highest BCUT2D eigenvalue weighted by Crippen LogP contribution is 2.41. The Labute approximate surface area is 166 Å². The van der Waals surface area contributed by atoms with Crippen LogP contribution in [0.15, 0.2) is 36.4 Å². The Hall–Kier alpha value is -2.82. The maximum atomic E-state index is 12.7. The molecule has 5 heteroatoms. The summed E-state index contributed by atoms with van der Waals surface area (Å²) in [6.07, 6.45) is 2.28. The van der Waals surface area contributed by atoms with Gasteiger partial charge in [0.1, 0.15) is 5.75 Å². The number of hydrogen-bond donors (Lipinski definition) is 2. The molecule has 1 aliphatic rings. The predicted octanol–water partition coefficient (Wildman–Crippen LogP) is 4.34. The highest BCUT2D eigenvalue weighted by Gasteiger charge is 2.48. The van der Waals surface area contributed by atoms with Gasteiger partial charge in [-0.05, 0) is 55.0 Å². The minimum absolute atomic E-state index is 0.0769. The van der Waals surface area contributed by atoms with Crippen molar-refractivity contribution in [2.75, 3.05) is 17.7 Å². The summed E-state index contributed by atoms with van der Waals surface area (Å²) in [7, 11) is 1.57. The summed E-state index contributed by atoms with van der Waals surface area (Å²) in [5.41, 5.74) is 4.83. The molecule has 2 N–H and O–H groups in total. The summed E-state index contributed by atoms with van der Waals surface area (Å²) >= 11 is 0. The Morgan fingerprint density at radius 1 is 1.00 bits per heavy atom. The third-order valence-electron chi connectivity index (χ3n) is 5.32. The maximum absolute atomic E-state index is 12.7. The van der Waals surface area contributed by atoms with Crippen molar-refractivity contribution in [2.24, 2.45) is 11.8 Å². The Kier molecular flexibility index (Phi) is 6.02. The largest absolute Gasteiger partial charge is 0.495 e. The molecule has 0 spiro atoms. The lowest BCUT2D eigenvalue weighted by Crippen LogP contribution is -2.21. The Bertz CT molecular complexity index is 869. The van der Waals surface area contributed by atoms with Crippen LogP contribution in [0.3, 0.4) is 0 Å². The van der Waals surface area contributed by atoms with E-state index in [9.17, 15) is 9.59 Å². The van der Waals surface area contributed by atoms with Crippen LogP contribution in [0.25, 0.3) is 0 Å². The number of carbonyl (C=O) groups excluding carboxylic acids is 2. The number of para-hydroxylation sites is 1. The highest BCUT2D eigenvalue weighted by atomic mass is 16.5. The number of ether oxygens (including phenoxy) is 1. The summed E-state index contributed by atoms with van der Waals surface area (Å²) in [5, 5.41) is 5.99. The van der Waals surface area contributed by atoms with Crippen molar-refractivity contribution in [2.45, 2.75) is 40.0 Å². The molecular formula is C23H28N2O3.